The fourth-order valence-corrected chi connectivity index (χ4v) is 3.57. The first-order valence-electron chi connectivity index (χ1n) is 9.66. The van der Waals surface area contributed by atoms with Crippen LogP contribution in [0.1, 0.15) is 34.5 Å². The number of aromatic nitrogens is 2. The van der Waals surface area contributed by atoms with E-state index in [1.165, 1.54) is 17.7 Å². The number of nitrogens with zero attached hydrogens (tertiary/aromatic N) is 4. The highest BCUT2D eigenvalue weighted by molar-refractivity contribution is 5.94. The minimum atomic E-state index is -0.441. The van der Waals surface area contributed by atoms with Crippen molar-refractivity contribution in [3.8, 4) is 16.9 Å². The van der Waals surface area contributed by atoms with Crippen LogP contribution in [0.2, 0.25) is 0 Å². The molecule has 7 nitrogen and oxygen atoms in total. The molecule has 0 aliphatic carbocycles. The number of aryl methyl sites for hydroxylation is 2. The molecule has 0 unspecified atom stereocenters. The maximum absolute atomic E-state index is 13.1. The third kappa shape index (κ3) is 3.63. The molecule has 0 atom stereocenters. The van der Waals surface area contributed by atoms with Crippen molar-refractivity contribution in [2.24, 2.45) is 0 Å². The first-order valence-corrected chi connectivity index (χ1v) is 9.66. The van der Waals surface area contributed by atoms with Gasteiger partial charge < -0.3 is 4.90 Å². The van der Waals surface area contributed by atoms with Crippen molar-refractivity contribution in [1.82, 2.24) is 14.7 Å². The van der Waals surface area contributed by atoms with Crippen LogP contribution in [0.25, 0.3) is 16.9 Å². The summed E-state index contributed by atoms with van der Waals surface area (Å²) in [6.07, 6.45) is 2.00. The predicted octanol–water partition coefficient (Wildman–Crippen LogP) is 4.30. The lowest BCUT2D eigenvalue weighted by molar-refractivity contribution is -0.384. The zero-order chi connectivity index (χ0) is 20.5. The maximum Gasteiger partial charge on any atom is 0.272 e. The van der Waals surface area contributed by atoms with Crippen LogP contribution in [0, 0.1) is 24.0 Å². The molecule has 0 radical (unpaired) electrons. The summed E-state index contributed by atoms with van der Waals surface area (Å²) in [5.74, 6) is -0.0663. The maximum atomic E-state index is 13.1. The monoisotopic (exact) mass is 390 g/mol. The molecule has 148 valence electrons. The van der Waals surface area contributed by atoms with Crippen molar-refractivity contribution in [3.05, 3.63) is 75.5 Å². The Morgan fingerprint density at radius 3 is 2.31 bits per heavy atom. The van der Waals surface area contributed by atoms with Gasteiger partial charge in [0.05, 0.1) is 16.3 Å². The zero-order valence-electron chi connectivity index (χ0n) is 16.5. The van der Waals surface area contributed by atoms with Gasteiger partial charge >= 0.3 is 0 Å². The lowest BCUT2D eigenvalue weighted by atomic mass is 10.0. The van der Waals surface area contributed by atoms with Crippen LogP contribution in [-0.4, -0.2) is 38.6 Å². The summed E-state index contributed by atoms with van der Waals surface area (Å²) >= 11 is 0. The Morgan fingerprint density at radius 2 is 1.69 bits per heavy atom. The molecule has 4 rings (SSSR count). The highest BCUT2D eigenvalue weighted by Crippen LogP contribution is 2.26. The Morgan fingerprint density at radius 1 is 1.00 bits per heavy atom. The molecule has 0 saturated carbocycles. The van der Waals surface area contributed by atoms with Gasteiger partial charge in [0.25, 0.3) is 11.6 Å². The number of nitro benzene ring substituents is 1. The number of benzene rings is 2. The van der Waals surface area contributed by atoms with Crippen LogP contribution in [0.4, 0.5) is 5.69 Å². The average molecular weight is 390 g/mol. The van der Waals surface area contributed by atoms with Gasteiger partial charge in [0.1, 0.15) is 5.69 Å². The van der Waals surface area contributed by atoms with Crippen LogP contribution >= 0.6 is 0 Å². The molecule has 29 heavy (non-hydrogen) atoms. The molecule has 0 spiro atoms. The number of nitro groups is 1. The topological polar surface area (TPSA) is 81.3 Å². The minimum absolute atomic E-state index is 0.00251. The molecule has 7 heteroatoms. The Hall–Kier alpha value is -3.48. The molecule has 0 N–H and O–H groups in total. The van der Waals surface area contributed by atoms with Crippen LogP contribution < -0.4 is 0 Å². The highest BCUT2D eigenvalue weighted by Gasteiger charge is 2.25. The third-order valence-corrected chi connectivity index (χ3v) is 5.43. The molecule has 1 amide bonds. The largest absolute Gasteiger partial charge is 0.337 e. The highest BCUT2D eigenvalue weighted by atomic mass is 16.6. The van der Waals surface area contributed by atoms with E-state index in [0.29, 0.717) is 17.1 Å². The first kappa shape index (κ1) is 18.9. The van der Waals surface area contributed by atoms with Gasteiger partial charge in [-0.1, -0.05) is 12.1 Å². The number of non-ortho nitro benzene ring substituents is 1. The van der Waals surface area contributed by atoms with E-state index in [9.17, 15) is 14.9 Å². The molecule has 1 aromatic heterocycles. The standard InChI is InChI=1S/C22H22N4O3/c1-15-5-6-17(13-16(15)2)20-14-21(22(27)24-11-3-4-12-24)25(23-20)18-7-9-19(10-8-18)26(28)29/h5-10,13-14H,3-4,11-12H2,1-2H3. The van der Waals surface area contributed by atoms with Crippen molar-refractivity contribution < 1.29 is 9.72 Å². The number of carbonyl (C=O) groups is 1. The van der Waals surface area contributed by atoms with Gasteiger partial charge in [-0.05, 0) is 62.1 Å². The van der Waals surface area contributed by atoms with E-state index >= 15 is 0 Å². The summed E-state index contributed by atoms with van der Waals surface area (Å²) in [4.78, 5) is 25.5. The SMILES string of the molecule is Cc1ccc(-c2cc(C(=O)N3CCCC3)n(-c3ccc([N+](=O)[O-])cc3)n2)cc1C. The number of hydrogen-bond donors (Lipinski definition) is 0. The van der Waals surface area contributed by atoms with Gasteiger partial charge in [-0.3, -0.25) is 14.9 Å². The molecular formula is C22H22N4O3. The van der Waals surface area contributed by atoms with Gasteiger partial charge in [0.2, 0.25) is 0 Å². The summed E-state index contributed by atoms with van der Waals surface area (Å²) in [7, 11) is 0. The summed E-state index contributed by atoms with van der Waals surface area (Å²) in [5, 5.41) is 15.7. The number of amides is 1. The third-order valence-electron chi connectivity index (χ3n) is 5.43. The molecule has 2 aromatic carbocycles. The molecule has 2 heterocycles. The Balaban J connectivity index is 1.80. The number of carbonyl (C=O) groups excluding carboxylic acids is 1. The molecule has 1 aliphatic rings. The van der Waals surface area contributed by atoms with Crippen molar-refractivity contribution in [2.75, 3.05) is 13.1 Å². The van der Waals surface area contributed by atoms with Crippen molar-refractivity contribution in [1.29, 1.82) is 0 Å². The number of likely N-dealkylation sites (tertiary alicyclic amines) is 1. The van der Waals surface area contributed by atoms with Gasteiger partial charge in [-0.2, -0.15) is 5.10 Å². The fraction of sp³-hybridized carbons (Fsp3) is 0.273. The summed E-state index contributed by atoms with van der Waals surface area (Å²) in [6.45, 7) is 5.58. The summed E-state index contributed by atoms with van der Waals surface area (Å²) < 4.78 is 1.59. The van der Waals surface area contributed by atoms with E-state index < -0.39 is 4.92 Å². The Bertz CT molecular complexity index is 1080. The van der Waals surface area contributed by atoms with Crippen LogP contribution in [0.15, 0.2) is 48.5 Å². The summed E-state index contributed by atoms with van der Waals surface area (Å²) in [6, 6.07) is 14.0. The first-order chi connectivity index (χ1) is 13.9. The molecule has 0 bridgehead atoms. The molecule has 1 saturated heterocycles. The van der Waals surface area contributed by atoms with Crippen LogP contribution in [0.5, 0.6) is 0 Å². The Kier molecular flexibility index (Phi) is 4.88. The van der Waals surface area contributed by atoms with Gasteiger partial charge in [-0.15, -0.1) is 0 Å². The molecule has 1 fully saturated rings. The second-order valence-electron chi connectivity index (χ2n) is 7.40. The Labute approximate surface area is 168 Å². The number of hydrogen-bond acceptors (Lipinski definition) is 4. The minimum Gasteiger partial charge on any atom is -0.337 e. The van der Waals surface area contributed by atoms with Crippen molar-refractivity contribution >= 4 is 11.6 Å². The summed E-state index contributed by atoms with van der Waals surface area (Å²) in [5.41, 5.74) is 5.07. The van der Waals surface area contributed by atoms with E-state index in [1.807, 2.05) is 30.0 Å². The number of rotatable bonds is 4. The van der Waals surface area contributed by atoms with Gasteiger partial charge in [-0.25, -0.2) is 4.68 Å². The lowest BCUT2D eigenvalue weighted by Gasteiger charge is -2.15. The second kappa shape index (κ2) is 7.50. The fourth-order valence-electron chi connectivity index (χ4n) is 3.57. The van der Waals surface area contributed by atoms with E-state index in [4.69, 9.17) is 0 Å². The smallest absolute Gasteiger partial charge is 0.272 e. The molecule has 1 aliphatic heterocycles. The lowest BCUT2D eigenvalue weighted by Crippen LogP contribution is -2.29. The zero-order valence-corrected chi connectivity index (χ0v) is 16.5. The van der Waals surface area contributed by atoms with Crippen molar-refractivity contribution in [3.63, 3.8) is 0 Å². The van der Waals surface area contributed by atoms with Crippen molar-refractivity contribution in [2.45, 2.75) is 26.7 Å². The second-order valence-corrected chi connectivity index (χ2v) is 7.40. The van der Waals surface area contributed by atoms with E-state index in [-0.39, 0.29) is 11.6 Å². The average Bonchev–Trinajstić information content (AvgIpc) is 3.40. The van der Waals surface area contributed by atoms with E-state index in [1.54, 1.807) is 16.8 Å². The molecule has 3 aromatic rings. The van der Waals surface area contributed by atoms with Gasteiger partial charge in [0, 0.05) is 30.8 Å². The van der Waals surface area contributed by atoms with E-state index in [2.05, 4.69) is 18.1 Å². The van der Waals surface area contributed by atoms with E-state index in [0.717, 1.165) is 37.1 Å². The predicted molar refractivity (Wildman–Crippen MR) is 110 cm³/mol. The normalized spacial score (nSPS) is 13.7. The quantitative estimate of drug-likeness (QED) is 0.491. The molecular weight excluding hydrogens is 368 g/mol. The van der Waals surface area contributed by atoms with Crippen LogP contribution in [0.3, 0.4) is 0 Å². The van der Waals surface area contributed by atoms with Gasteiger partial charge in [0.15, 0.2) is 0 Å². The van der Waals surface area contributed by atoms with Crippen LogP contribution in [-0.2, 0) is 0 Å².